The third kappa shape index (κ3) is 6.32. The second-order valence-electron chi connectivity index (χ2n) is 11.9. The number of carbonyl (C=O) groups is 2. The Kier molecular flexibility index (Phi) is 9.17. The van der Waals surface area contributed by atoms with Crippen molar-refractivity contribution in [2.75, 3.05) is 59.0 Å². The van der Waals surface area contributed by atoms with Crippen molar-refractivity contribution in [3.8, 4) is 23.0 Å². The minimum atomic E-state index is -2.66. The molecule has 240 valence electrons. The van der Waals surface area contributed by atoms with Crippen LogP contribution in [0.1, 0.15) is 59.7 Å². The van der Waals surface area contributed by atoms with Gasteiger partial charge in [0.1, 0.15) is 0 Å². The lowest BCUT2D eigenvalue weighted by Gasteiger charge is -2.21. The monoisotopic (exact) mass is 636 g/mol. The Labute approximate surface area is 264 Å². The van der Waals surface area contributed by atoms with Gasteiger partial charge in [-0.15, -0.1) is 0 Å². The Bertz CT molecular complexity index is 1470. The molecule has 0 aromatic heterocycles. The van der Waals surface area contributed by atoms with Gasteiger partial charge < -0.3 is 33.3 Å². The molecule has 4 aliphatic rings. The van der Waals surface area contributed by atoms with Crippen LogP contribution in [0.5, 0.6) is 23.0 Å². The number of ether oxygens (including phenoxy) is 4. The van der Waals surface area contributed by atoms with E-state index < -0.39 is 7.14 Å². The lowest BCUT2D eigenvalue weighted by molar-refractivity contribution is 0.0766. The van der Waals surface area contributed by atoms with Gasteiger partial charge in [0, 0.05) is 56.1 Å². The molecule has 0 radical (unpaired) electrons. The highest BCUT2D eigenvalue weighted by molar-refractivity contribution is 7.63. The van der Waals surface area contributed by atoms with E-state index in [-0.39, 0.29) is 37.1 Å². The van der Waals surface area contributed by atoms with Gasteiger partial charge in [-0.25, -0.2) is 0 Å². The van der Waals surface area contributed by atoms with E-state index in [1.165, 1.54) is 14.2 Å². The average molecular weight is 637 g/mol. The summed E-state index contributed by atoms with van der Waals surface area (Å²) in [5.74, 6) is 1.72. The van der Waals surface area contributed by atoms with Crippen molar-refractivity contribution in [2.24, 2.45) is 9.98 Å². The lowest BCUT2D eigenvalue weighted by atomic mass is 10.1. The van der Waals surface area contributed by atoms with Crippen molar-refractivity contribution in [1.29, 1.82) is 0 Å². The summed E-state index contributed by atoms with van der Waals surface area (Å²) in [4.78, 5) is 39.3. The molecule has 0 spiro atoms. The summed E-state index contributed by atoms with van der Waals surface area (Å²) in [5, 5.41) is 0. The fraction of sp³-hybridized carbons (Fsp3) is 0.515. The van der Waals surface area contributed by atoms with Gasteiger partial charge in [-0.2, -0.15) is 0 Å². The molecule has 4 heterocycles. The highest BCUT2D eigenvalue weighted by atomic mass is 31.2. The first kappa shape index (κ1) is 31.1. The van der Waals surface area contributed by atoms with Gasteiger partial charge in [0.15, 0.2) is 23.0 Å². The molecule has 2 fully saturated rings. The summed E-state index contributed by atoms with van der Waals surface area (Å²) in [6.07, 6.45) is 9.49. The molecule has 2 aromatic rings. The van der Waals surface area contributed by atoms with E-state index in [0.29, 0.717) is 64.0 Å². The molecule has 2 amide bonds. The second-order valence-corrected chi connectivity index (χ2v) is 15.4. The van der Waals surface area contributed by atoms with Crippen LogP contribution in [0, 0.1) is 0 Å². The second kappa shape index (κ2) is 13.3. The highest BCUT2D eigenvalue weighted by Crippen LogP contribution is 2.47. The molecular weight excluding hydrogens is 595 g/mol. The molecule has 12 heteroatoms. The molecule has 0 unspecified atom stereocenters. The third-order valence-electron chi connectivity index (χ3n) is 9.06. The zero-order valence-electron chi connectivity index (χ0n) is 26.2. The molecule has 4 aliphatic heterocycles. The Morgan fingerprint density at radius 1 is 0.733 bits per heavy atom. The molecule has 2 aromatic carbocycles. The number of hydrogen-bond donors (Lipinski definition) is 0. The first-order valence-corrected chi connectivity index (χ1v) is 18.1. The summed E-state index contributed by atoms with van der Waals surface area (Å²) in [6.45, 7) is 3.89. The summed E-state index contributed by atoms with van der Waals surface area (Å²) in [6, 6.07) is 6.89. The molecule has 0 saturated carbocycles. The minimum absolute atomic E-state index is 0.0149. The maximum Gasteiger partial charge on any atom is 0.256 e. The number of aliphatic imine (C=N–C) groups is 2. The Hall–Kier alpha value is -3.85. The maximum absolute atomic E-state index is 14.0. The van der Waals surface area contributed by atoms with Crippen LogP contribution in [0.2, 0.25) is 0 Å². The number of carbonyl (C=O) groups excluding carboxylic acids is 2. The number of benzene rings is 2. The van der Waals surface area contributed by atoms with Gasteiger partial charge in [0.05, 0.1) is 69.2 Å². The van der Waals surface area contributed by atoms with Crippen molar-refractivity contribution >= 4 is 42.8 Å². The van der Waals surface area contributed by atoms with Crippen molar-refractivity contribution in [3.05, 3.63) is 35.4 Å². The van der Waals surface area contributed by atoms with E-state index in [9.17, 15) is 14.2 Å². The number of hydrogen-bond acceptors (Lipinski definition) is 9. The topological polar surface area (TPSA) is 119 Å². The van der Waals surface area contributed by atoms with E-state index in [0.717, 1.165) is 45.2 Å². The number of nitrogens with zero attached hydrogens (tertiary/aromatic N) is 4. The van der Waals surface area contributed by atoms with E-state index in [1.54, 1.807) is 24.3 Å². The summed E-state index contributed by atoms with van der Waals surface area (Å²) >= 11 is 0. The van der Waals surface area contributed by atoms with E-state index >= 15 is 0 Å². The minimum Gasteiger partial charge on any atom is -0.493 e. The van der Waals surface area contributed by atoms with Crippen LogP contribution in [-0.2, 0) is 4.57 Å². The summed E-state index contributed by atoms with van der Waals surface area (Å²) in [7, 11) is 0.422. The predicted molar refractivity (Wildman–Crippen MR) is 174 cm³/mol. The summed E-state index contributed by atoms with van der Waals surface area (Å²) < 4.78 is 37.4. The van der Waals surface area contributed by atoms with E-state index in [4.69, 9.17) is 18.9 Å². The predicted octanol–water partition coefficient (Wildman–Crippen LogP) is 5.58. The summed E-state index contributed by atoms with van der Waals surface area (Å²) in [5.41, 5.74) is 2.10. The van der Waals surface area contributed by atoms with Crippen molar-refractivity contribution in [2.45, 2.75) is 51.1 Å². The smallest absolute Gasteiger partial charge is 0.256 e. The normalized spacial score (nSPS) is 20.2. The molecular formula is C33H41N4O7P. The molecule has 11 nitrogen and oxygen atoms in total. The molecule has 6 rings (SSSR count). The van der Waals surface area contributed by atoms with Gasteiger partial charge in [-0.05, 0) is 44.2 Å². The van der Waals surface area contributed by atoms with Crippen LogP contribution in [0.25, 0.3) is 0 Å². The fourth-order valence-electron chi connectivity index (χ4n) is 6.63. The van der Waals surface area contributed by atoms with Gasteiger partial charge in [-0.1, -0.05) is 6.92 Å². The average Bonchev–Trinajstić information content (AvgIpc) is 3.67. The van der Waals surface area contributed by atoms with Crippen molar-refractivity contribution < 1.29 is 33.1 Å². The van der Waals surface area contributed by atoms with Crippen LogP contribution in [-0.4, -0.2) is 105 Å². The molecule has 0 aliphatic carbocycles. The maximum atomic E-state index is 14.0. The quantitative estimate of drug-likeness (QED) is 0.279. The molecule has 45 heavy (non-hydrogen) atoms. The van der Waals surface area contributed by atoms with Crippen LogP contribution < -0.4 is 18.9 Å². The highest BCUT2D eigenvalue weighted by Gasteiger charge is 2.34. The van der Waals surface area contributed by atoms with Crippen LogP contribution in [0.15, 0.2) is 34.3 Å². The Balaban J connectivity index is 1.11. The van der Waals surface area contributed by atoms with Crippen LogP contribution >= 0.6 is 7.14 Å². The zero-order chi connectivity index (χ0) is 31.6. The Morgan fingerprint density at radius 2 is 1.20 bits per heavy atom. The van der Waals surface area contributed by atoms with Gasteiger partial charge in [-0.3, -0.25) is 19.6 Å². The van der Waals surface area contributed by atoms with Crippen molar-refractivity contribution in [1.82, 2.24) is 9.80 Å². The molecule has 0 N–H and O–H groups in total. The van der Waals surface area contributed by atoms with Gasteiger partial charge >= 0.3 is 0 Å². The molecule has 2 saturated heterocycles. The molecule has 2 atom stereocenters. The van der Waals surface area contributed by atoms with Gasteiger partial charge in [0.25, 0.3) is 11.8 Å². The SMILES string of the molecule is CCCP(=O)(CCOc1cc2c(cc1OC)C(=O)N1CCC[C@H]1C=N2)CCOc1cc2c(cc1OC)C(=O)N1CCC[C@H]1C=N2. The number of amides is 2. The lowest BCUT2D eigenvalue weighted by Crippen LogP contribution is -2.35. The number of rotatable bonds is 12. The zero-order valence-corrected chi connectivity index (χ0v) is 27.1. The Morgan fingerprint density at radius 3 is 1.62 bits per heavy atom. The number of methoxy groups -OCH3 is 2. The van der Waals surface area contributed by atoms with E-state index in [2.05, 4.69) is 9.98 Å². The number of fused-ring (bicyclic) bond motifs is 4. The first-order valence-electron chi connectivity index (χ1n) is 15.8. The van der Waals surface area contributed by atoms with Crippen LogP contribution in [0.3, 0.4) is 0 Å². The third-order valence-corrected chi connectivity index (χ3v) is 12.3. The van der Waals surface area contributed by atoms with E-state index in [1.807, 2.05) is 29.2 Å². The standard InChI is InChI=1S/C33H41N4O7P/c1-4-13-45(40,14-11-43-30-18-26-24(16-28(30)41-2)32(38)36-9-5-7-22(36)20-34-26)15-12-44-31-19-27-25(17-29(31)42-3)33(39)37-10-6-8-23(37)21-35-27/h16-23H,4-15H2,1-3H3/t22-,23-/m0/s1. The first-order chi connectivity index (χ1) is 21.8. The fourth-order valence-corrected chi connectivity index (χ4v) is 8.96. The van der Waals surface area contributed by atoms with Crippen LogP contribution in [0.4, 0.5) is 11.4 Å². The van der Waals surface area contributed by atoms with Crippen molar-refractivity contribution in [3.63, 3.8) is 0 Å². The molecule has 0 bridgehead atoms. The largest absolute Gasteiger partial charge is 0.493 e. The van der Waals surface area contributed by atoms with Gasteiger partial charge in [0.2, 0.25) is 0 Å².